The summed E-state index contributed by atoms with van der Waals surface area (Å²) in [6.45, 7) is 2.37. The quantitative estimate of drug-likeness (QED) is 0.858. The number of halogens is 3. The van der Waals surface area contributed by atoms with Crippen molar-refractivity contribution in [3.05, 3.63) is 24.2 Å². The smallest absolute Gasteiger partial charge is 0.312 e. The molecule has 0 aliphatic heterocycles. The summed E-state index contributed by atoms with van der Waals surface area (Å²) >= 11 is 0. The molecule has 0 aliphatic rings. The molecule has 2 aromatic rings. The molecule has 0 saturated heterocycles. The Balaban J connectivity index is 2.42. The maximum Gasteiger partial charge on any atom is 0.450 e. The number of rotatable bonds is 4. The number of aromatic nitrogens is 3. The van der Waals surface area contributed by atoms with Crippen molar-refractivity contribution in [2.75, 3.05) is 0 Å². The van der Waals surface area contributed by atoms with Crippen LogP contribution in [0, 0.1) is 0 Å². The van der Waals surface area contributed by atoms with Crippen LogP contribution in [0.1, 0.15) is 19.2 Å². The van der Waals surface area contributed by atoms with Crippen molar-refractivity contribution in [1.29, 1.82) is 0 Å². The van der Waals surface area contributed by atoms with Gasteiger partial charge in [0.2, 0.25) is 5.78 Å². The SMILES string of the molecule is CCCn1c(CC(=O)C(F)(F)F)nc2cccnc21. The minimum absolute atomic E-state index is 0.109. The average molecular weight is 271 g/mol. The molecule has 2 heterocycles. The molecule has 0 amide bonds. The summed E-state index contributed by atoms with van der Waals surface area (Å²) in [6, 6.07) is 3.32. The second-order valence-electron chi connectivity index (χ2n) is 4.12. The molecule has 0 saturated carbocycles. The van der Waals surface area contributed by atoms with Crippen molar-refractivity contribution in [2.24, 2.45) is 0 Å². The van der Waals surface area contributed by atoms with Gasteiger partial charge in [0.05, 0.1) is 6.42 Å². The Morgan fingerprint density at radius 3 is 2.79 bits per heavy atom. The fourth-order valence-corrected chi connectivity index (χ4v) is 1.84. The lowest BCUT2D eigenvalue weighted by molar-refractivity contribution is -0.170. The lowest BCUT2D eigenvalue weighted by Gasteiger charge is -2.08. The lowest BCUT2D eigenvalue weighted by atomic mass is 10.2. The molecule has 0 radical (unpaired) electrons. The molecule has 2 aromatic heterocycles. The van der Waals surface area contributed by atoms with Gasteiger partial charge < -0.3 is 4.57 Å². The van der Waals surface area contributed by atoms with Gasteiger partial charge in [-0.05, 0) is 18.6 Å². The molecule has 0 unspecified atom stereocenters. The summed E-state index contributed by atoms with van der Waals surface area (Å²) in [4.78, 5) is 19.2. The van der Waals surface area contributed by atoms with E-state index in [4.69, 9.17) is 0 Å². The molecule has 0 atom stereocenters. The number of pyridine rings is 1. The van der Waals surface area contributed by atoms with Crippen LogP contribution in [-0.4, -0.2) is 26.5 Å². The molecule has 0 bridgehead atoms. The monoisotopic (exact) mass is 271 g/mol. The Morgan fingerprint density at radius 1 is 1.42 bits per heavy atom. The fourth-order valence-electron chi connectivity index (χ4n) is 1.84. The number of alkyl halides is 3. The van der Waals surface area contributed by atoms with Crippen molar-refractivity contribution < 1.29 is 18.0 Å². The van der Waals surface area contributed by atoms with E-state index in [0.717, 1.165) is 6.42 Å². The Hall–Kier alpha value is -1.92. The molecular weight excluding hydrogens is 259 g/mol. The molecule has 19 heavy (non-hydrogen) atoms. The van der Waals surface area contributed by atoms with Gasteiger partial charge in [0.1, 0.15) is 11.3 Å². The highest BCUT2D eigenvalue weighted by Crippen LogP contribution is 2.21. The summed E-state index contributed by atoms with van der Waals surface area (Å²) in [6.07, 6.45) is -3.32. The molecule has 0 aromatic carbocycles. The zero-order valence-corrected chi connectivity index (χ0v) is 10.2. The first kappa shape index (κ1) is 13.5. The van der Waals surface area contributed by atoms with Gasteiger partial charge in [-0.25, -0.2) is 9.97 Å². The minimum Gasteiger partial charge on any atom is -0.312 e. The van der Waals surface area contributed by atoms with Crippen molar-refractivity contribution >= 4 is 16.9 Å². The lowest BCUT2D eigenvalue weighted by Crippen LogP contribution is -2.26. The van der Waals surface area contributed by atoms with Gasteiger partial charge in [-0.3, -0.25) is 4.79 Å². The second-order valence-corrected chi connectivity index (χ2v) is 4.12. The van der Waals surface area contributed by atoms with E-state index < -0.39 is 18.4 Å². The molecule has 0 N–H and O–H groups in total. The van der Waals surface area contributed by atoms with E-state index >= 15 is 0 Å². The highest BCUT2D eigenvalue weighted by atomic mass is 19.4. The van der Waals surface area contributed by atoms with Gasteiger partial charge in [0.25, 0.3) is 0 Å². The van der Waals surface area contributed by atoms with Crippen molar-refractivity contribution in [3.63, 3.8) is 0 Å². The number of hydrogen-bond acceptors (Lipinski definition) is 3. The van der Waals surface area contributed by atoms with E-state index in [-0.39, 0.29) is 5.82 Å². The van der Waals surface area contributed by atoms with Gasteiger partial charge in [-0.15, -0.1) is 0 Å². The number of aryl methyl sites for hydroxylation is 1. The van der Waals surface area contributed by atoms with Crippen LogP contribution in [0.15, 0.2) is 18.3 Å². The number of carbonyl (C=O) groups is 1. The van der Waals surface area contributed by atoms with Crippen LogP contribution in [0.5, 0.6) is 0 Å². The van der Waals surface area contributed by atoms with E-state index in [1.807, 2.05) is 6.92 Å². The van der Waals surface area contributed by atoms with E-state index in [2.05, 4.69) is 9.97 Å². The molecular formula is C12H12F3N3O. The van der Waals surface area contributed by atoms with E-state index in [1.165, 1.54) is 0 Å². The van der Waals surface area contributed by atoms with Gasteiger partial charge in [0.15, 0.2) is 5.65 Å². The first-order valence-electron chi connectivity index (χ1n) is 5.83. The Labute approximate surface area is 107 Å². The number of nitrogens with zero attached hydrogens (tertiary/aromatic N) is 3. The maximum atomic E-state index is 12.3. The van der Waals surface area contributed by atoms with Crippen molar-refractivity contribution in [2.45, 2.75) is 32.5 Å². The van der Waals surface area contributed by atoms with Crippen LogP contribution in [0.2, 0.25) is 0 Å². The highest BCUT2D eigenvalue weighted by molar-refractivity contribution is 5.86. The Bertz CT molecular complexity index is 604. The number of imidazole rings is 1. The van der Waals surface area contributed by atoms with Gasteiger partial charge >= 0.3 is 6.18 Å². The summed E-state index contributed by atoms with van der Waals surface area (Å²) in [5.41, 5.74) is 1.01. The minimum atomic E-state index is -4.83. The Morgan fingerprint density at radius 2 is 2.16 bits per heavy atom. The standard InChI is InChI=1S/C12H12F3N3O/c1-2-6-18-10(7-9(19)12(13,14)15)17-8-4-3-5-16-11(8)18/h3-5H,2,6-7H2,1H3. The van der Waals surface area contributed by atoms with Crippen LogP contribution < -0.4 is 0 Å². The normalized spacial score (nSPS) is 12.0. The number of fused-ring (bicyclic) bond motifs is 1. The fraction of sp³-hybridized carbons (Fsp3) is 0.417. The largest absolute Gasteiger partial charge is 0.450 e. The first-order chi connectivity index (χ1) is 8.93. The zero-order chi connectivity index (χ0) is 14.0. The van der Waals surface area contributed by atoms with Gasteiger partial charge in [-0.1, -0.05) is 6.92 Å². The van der Waals surface area contributed by atoms with Crippen LogP contribution in [-0.2, 0) is 17.8 Å². The Kier molecular flexibility index (Phi) is 3.55. The van der Waals surface area contributed by atoms with E-state index in [1.54, 1.807) is 22.9 Å². The van der Waals surface area contributed by atoms with Crippen LogP contribution in [0.3, 0.4) is 0 Å². The zero-order valence-electron chi connectivity index (χ0n) is 10.2. The molecule has 102 valence electrons. The molecule has 0 aliphatic carbocycles. The molecule has 4 nitrogen and oxygen atoms in total. The van der Waals surface area contributed by atoms with Crippen molar-refractivity contribution in [1.82, 2.24) is 14.5 Å². The molecule has 7 heteroatoms. The summed E-state index contributed by atoms with van der Waals surface area (Å²) in [5.74, 6) is -1.68. The van der Waals surface area contributed by atoms with Crippen molar-refractivity contribution in [3.8, 4) is 0 Å². The third-order valence-electron chi connectivity index (χ3n) is 2.66. The molecule has 2 rings (SSSR count). The number of hydrogen-bond donors (Lipinski definition) is 0. The predicted octanol–water partition coefficient (Wildman–Crippen LogP) is 2.52. The van der Waals surface area contributed by atoms with E-state index in [0.29, 0.717) is 17.7 Å². The predicted molar refractivity (Wildman–Crippen MR) is 62.6 cm³/mol. The van der Waals surface area contributed by atoms with Crippen LogP contribution >= 0.6 is 0 Å². The third-order valence-corrected chi connectivity index (χ3v) is 2.66. The number of ketones is 1. The number of carbonyl (C=O) groups excluding carboxylic acids is 1. The van der Waals surface area contributed by atoms with Gasteiger partial charge in [0, 0.05) is 12.7 Å². The van der Waals surface area contributed by atoms with Gasteiger partial charge in [-0.2, -0.15) is 13.2 Å². The maximum absolute atomic E-state index is 12.3. The highest BCUT2D eigenvalue weighted by Gasteiger charge is 2.38. The summed E-state index contributed by atoms with van der Waals surface area (Å²) in [7, 11) is 0. The summed E-state index contributed by atoms with van der Waals surface area (Å²) in [5, 5.41) is 0. The van der Waals surface area contributed by atoms with Crippen LogP contribution in [0.25, 0.3) is 11.2 Å². The first-order valence-corrected chi connectivity index (χ1v) is 5.83. The number of Topliss-reactive ketones (excluding diaryl/α,β-unsaturated/α-hetero) is 1. The average Bonchev–Trinajstić information content (AvgIpc) is 2.67. The third kappa shape index (κ3) is 2.74. The summed E-state index contributed by atoms with van der Waals surface area (Å²) < 4.78 is 38.5. The second kappa shape index (κ2) is 4.99. The topological polar surface area (TPSA) is 47.8 Å². The molecule has 0 spiro atoms. The van der Waals surface area contributed by atoms with Crippen LogP contribution in [0.4, 0.5) is 13.2 Å². The van der Waals surface area contributed by atoms with E-state index in [9.17, 15) is 18.0 Å². The molecule has 0 fully saturated rings.